The maximum atomic E-state index is 13.3. The second kappa shape index (κ2) is 7.10. The second-order valence-corrected chi connectivity index (χ2v) is 8.13. The van der Waals surface area contributed by atoms with E-state index in [0.717, 1.165) is 14.5 Å². The van der Waals surface area contributed by atoms with Gasteiger partial charge in [-0.3, -0.25) is 14.2 Å². The van der Waals surface area contributed by atoms with Crippen molar-refractivity contribution in [2.45, 2.75) is 13.5 Å². The molecule has 4 rings (SSSR count). The lowest BCUT2D eigenvalue weighted by Crippen LogP contribution is -2.27. The smallest absolute Gasteiger partial charge is 0.323 e. The Hall–Kier alpha value is -2.58. The van der Waals surface area contributed by atoms with Crippen molar-refractivity contribution in [2.75, 3.05) is 0 Å². The highest BCUT2D eigenvalue weighted by Crippen LogP contribution is 2.31. The van der Waals surface area contributed by atoms with Crippen LogP contribution in [0.25, 0.3) is 33.1 Å². The van der Waals surface area contributed by atoms with Crippen LogP contribution in [0.2, 0.25) is 0 Å². The third kappa shape index (κ3) is 3.22. The third-order valence-corrected chi connectivity index (χ3v) is 5.48. The van der Waals surface area contributed by atoms with Crippen LogP contribution in [0.15, 0.2) is 56.2 Å². The summed E-state index contributed by atoms with van der Waals surface area (Å²) in [5.74, 6) is -0.770. The molecule has 6 nitrogen and oxygen atoms in total. The highest BCUT2D eigenvalue weighted by Gasteiger charge is 2.19. The van der Waals surface area contributed by atoms with Crippen molar-refractivity contribution in [3.63, 3.8) is 0 Å². The van der Waals surface area contributed by atoms with Gasteiger partial charge in [0.25, 0.3) is 5.56 Å². The summed E-state index contributed by atoms with van der Waals surface area (Å²) in [6.45, 7) is 1.18. The average molecular weight is 503 g/mol. The minimum atomic E-state index is -1.10. The number of halogens is 2. The van der Waals surface area contributed by atoms with E-state index < -0.39 is 18.1 Å². The largest absolute Gasteiger partial charge is 0.480 e. The molecule has 0 fully saturated rings. The summed E-state index contributed by atoms with van der Waals surface area (Å²) in [6.07, 6.45) is 0. The topological polar surface area (TPSA) is 85.1 Å². The number of aryl methyl sites for hydroxylation is 1. The van der Waals surface area contributed by atoms with Crippen molar-refractivity contribution in [3.05, 3.63) is 67.6 Å². The summed E-state index contributed by atoms with van der Waals surface area (Å²) >= 11 is 6.85. The molecule has 0 aliphatic rings. The summed E-state index contributed by atoms with van der Waals surface area (Å²) in [4.78, 5) is 33.8. The van der Waals surface area contributed by atoms with Crippen LogP contribution in [0.4, 0.5) is 0 Å². The molecule has 0 aliphatic heterocycles. The Morgan fingerprint density at radius 2 is 1.75 bits per heavy atom. The average Bonchev–Trinajstić information content (AvgIpc) is 2.65. The number of aromatic nitrogens is 3. The molecule has 140 valence electrons. The van der Waals surface area contributed by atoms with Gasteiger partial charge in [-0.15, -0.1) is 0 Å². The number of fused-ring (bicyclic) bond motifs is 3. The van der Waals surface area contributed by atoms with Crippen LogP contribution in [-0.4, -0.2) is 25.6 Å². The molecule has 28 heavy (non-hydrogen) atoms. The molecule has 0 saturated carbocycles. The highest BCUT2D eigenvalue weighted by molar-refractivity contribution is 9.10. The molecule has 0 spiro atoms. The third-order valence-electron chi connectivity index (χ3n) is 4.46. The molecule has 1 N–H and O–H groups in total. The van der Waals surface area contributed by atoms with Crippen molar-refractivity contribution >= 4 is 59.6 Å². The van der Waals surface area contributed by atoms with Gasteiger partial charge in [0.05, 0.1) is 16.6 Å². The number of aliphatic carboxylic acids is 1. The SMILES string of the molecule is Cc1nc2c(-c3ccc(Br)cc3)nc3ccc(Br)cc3c2c(=O)n1CC(=O)O. The summed E-state index contributed by atoms with van der Waals surface area (Å²) < 4.78 is 2.90. The van der Waals surface area contributed by atoms with Crippen LogP contribution in [0.5, 0.6) is 0 Å². The van der Waals surface area contributed by atoms with E-state index in [-0.39, 0.29) is 0 Å². The molecule has 2 aromatic heterocycles. The lowest BCUT2D eigenvalue weighted by Gasteiger charge is -2.13. The minimum absolute atomic E-state index is 0.328. The van der Waals surface area contributed by atoms with Crippen molar-refractivity contribution in [2.24, 2.45) is 0 Å². The van der Waals surface area contributed by atoms with E-state index in [1.54, 1.807) is 13.0 Å². The molecule has 0 saturated heterocycles. The van der Waals surface area contributed by atoms with Crippen LogP contribution in [-0.2, 0) is 11.3 Å². The number of nitrogens with zero attached hydrogens (tertiary/aromatic N) is 3. The first kappa shape index (κ1) is 18.8. The molecular formula is C20H13Br2N3O3. The van der Waals surface area contributed by atoms with E-state index in [0.29, 0.717) is 33.3 Å². The zero-order chi connectivity index (χ0) is 20.0. The van der Waals surface area contributed by atoms with E-state index in [1.165, 1.54) is 4.57 Å². The van der Waals surface area contributed by atoms with Crippen molar-refractivity contribution in [1.82, 2.24) is 14.5 Å². The van der Waals surface area contributed by atoms with Gasteiger partial charge in [-0.05, 0) is 37.3 Å². The molecule has 0 atom stereocenters. The predicted molar refractivity (Wildman–Crippen MR) is 115 cm³/mol. The van der Waals surface area contributed by atoms with Crippen molar-refractivity contribution in [1.29, 1.82) is 0 Å². The number of carbonyl (C=O) groups is 1. The summed E-state index contributed by atoms with van der Waals surface area (Å²) in [5.41, 5.74) is 2.10. The van der Waals surface area contributed by atoms with E-state index in [9.17, 15) is 14.7 Å². The fourth-order valence-corrected chi connectivity index (χ4v) is 3.81. The molecule has 8 heteroatoms. The van der Waals surface area contributed by atoms with Gasteiger partial charge in [0.15, 0.2) is 0 Å². The zero-order valence-corrected chi connectivity index (χ0v) is 17.8. The van der Waals surface area contributed by atoms with Crippen LogP contribution in [0.3, 0.4) is 0 Å². The molecule has 4 aromatic rings. The first-order chi connectivity index (χ1) is 13.3. The summed E-state index contributed by atoms with van der Waals surface area (Å²) in [7, 11) is 0. The van der Waals surface area contributed by atoms with E-state index in [1.807, 2.05) is 36.4 Å². The molecule has 0 bridgehead atoms. The Morgan fingerprint density at radius 3 is 2.43 bits per heavy atom. The monoisotopic (exact) mass is 501 g/mol. The first-order valence-corrected chi connectivity index (χ1v) is 9.92. The van der Waals surface area contributed by atoms with Gasteiger partial charge in [-0.2, -0.15) is 0 Å². The lowest BCUT2D eigenvalue weighted by atomic mass is 10.0. The molecule has 2 aromatic carbocycles. The number of carboxylic acid groups (broad SMARTS) is 1. The van der Waals surface area contributed by atoms with Crippen molar-refractivity contribution in [3.8, 4) is 11.3 Å². The number of rotatable bonds is 3. The first-order valence-electron chi connectivity index (χ1n) is 8.33. The number of carboxylic acids is 1. The molecule has 0 aliphatic carbocycles. The van der Waals surface area contributed by atoms with Gasteiger partial charge in [0.1, 0.15) is 17.9 Å². The molecule has 0 amide bonds. The summed E-state index contributed by atoms with van der Waals surface area (Å²) in [6, 6.07) is 13.1. The number of pyridine rings is 1. The standard InChI is InChI=1S/C20H13Br2N3O3/c1-10-23-19-17(20(28)25(10)9-16(26)27)14-8-13(22)6-7-15(14)24-18(19)11-2-4-12(21)5-3-11/h2-8H,9H2,1H3,(H,26,27). The van der Waals surface area contributed by atoms with Crippen LogP contribution in [0.1, 0.15) is 5.82 Å². The quantitative estimate of drug-likeness (QED) is 0.416. The maximum absolute atomic E-state index is 13.3. The Bertz CT molecular complexity index is 1310. The summed E-state index contributed by atoms with van der Waals surface area (Å²) in [5, 5.41) is 10.2. The van der Waals surface area contributed by atoms with Gasteiger partial charge >= 0.3 is 5.97 Å². The van der Waals surface area contributed by atoms with E-state index >= 15 is 0 Å². The second-order valence-electron chi connectivity index (χ2n) is 6.30. The Balaban J connectivity index is 2.19. The van der Waals surface area contributed by atoms with E-state index in [4.69, 9.17) is 4.98 Å². The Morgan fingerprint density at radius 1 is 1.07 bits per heavy atom. The van der Waals surface area contributed by atoms with Gasteiger partial charge in [-0.25, -0.2) is 9.97 Å². The van der Waals surface area contributed by atoms with Crippen LogP contribution >= 0.6 is 31.9 Å². The van der Waals surface area contributed by atoms with E-state index in [2.05, 4.69) is 36.8 Å². The van der Waals surface area contributed by atoms with Crippen molar-refractivity contribution < 1.29 is 9.90 Å². The molecule has 0 unspecified atom stereocenters. The molecule has 0 radical (unpaired) electrons. The highest BCUT2D eigenvalue weighted by atomic mass is 79.9. The number of hydrogen-bond donors (Lipinski definition) is 1. The van der Waals surface area contributed by atoms with Gasteiger partial charge < -0.3 is 5.11 Å². The fraction of sp³-hybridized carbons (Fsp3) is 0.100. The maximum Gasteiger partial charge on any atom is 0.323 e. The van der Waals surface area contributed by atoms with Crippen LogP contribution < -0.4 is 5.56 Å². The number of benzene rings is 2. The lowest BCUT2D eigenvalue weighted by molar-refractivity contribution is -0.137. The molecule has 2 heterocycles. The number of hydrogen-bond acceptors (Lipinski definition) is 4. The Labute approximate surface area is 176 Å². The normalized spacial score (nSPS) is 11.2. The fourth-order valence-electron chi connectivity index (χ4n) is 3.19. The van der Waals surface area contributed by atoms with Crippen LogP contribution in [0, 0.1) is 6.92 Å². The minimum Gasteiger partial charge on any atom is -0.480 e. The molecular weight excluding hydrogens is 490 g/mol. The zero-order valence-electron chi connectivity index (χ0n) is 14.6. The Kier molecular flexibility index (Phi) is 4.76. The predicted octanol–water partition coefficient (Wildman–Crippen LogP) is 4.53. The van der Waals surface area contributed by atoms with Gasteiger partial charge in [0, 0.05) is 19.9 Å². The van der Waals surface area contributed by atoms with Gasteiger partial charge in [-0.1, -0.05) is 44.0 Å². The van der Waals surface area contributed by atoms with Gasteiger partial charge in [0.2, 0.25) is 0 Å².